The fourth-order valence-corrected chi connectivity index (χ4v) is 2.02. The van der Waals surface area contributed by atoms with Crippen LogP contribution in [-0.4, -0.2) is 24.5 Å². The molecule has 21 heavy (non-hydrogen) atoms. The summed E-state index contributed by atoms with van der Waals surface area (Å²) in [6.07, 6.45) is 3.19. The van der Waals surface area contributed by atoms with E-state index in [-0.39, 0.29) is 30.7 Å². The average Bonchev–Trinajstić information content (AvgIpc) is 2.45. The Morgan fingerprint density at radius 2 is 1.95 bits per heavy atom. The lowest BCUT2D eigenvalue weighted by atomic mass is 10.1. The number of carbonyl (C=O) groups is 1. The van der Waals surface area contributed by atoms with Crippen LogP contribution < -0.4 is 10.6 Å². The zero-order chi connectivity index (χ0) is 13.5. The number of benzene rings is 1. The topological polar surface area (TPSA) is 54.0 Å². The third-order valence-electron chi connectivity index (χ3n) is 3.02. The minimum atomic E-state index is 0. The molecule has 4 nitrogen and oxygen atoms in total. The molecule has 2 N–H and O–H groups in total. The molecule has 0 atom stereocenters. The molecule has 1 aromatic carbocycles. The van der Waals surface area contributed by atoms with E-state index in [0.29, 0.717) is 13.0 Å². The lowest BCUT2D eigenvalue weighted by Crippen LogP contribution is -2.23. The van der Waals surface area contributed by atoms with Gasteiger partial charge in [-0.05, 0) is 31.6 Å². The van der Waals surface area contributed by atoms with Gasteiger partial charge in [-0.2, -0.15) is 0 Å². The smallest absolute Gasteiger partial charge is 0.220 e. The summed E-state index contributed by atoms with van der Waals surface area (Å²) in [7, 11) is 1.89. The van der Waals surface area contributed by atoms with E-state index < -0.39 is 0 Å². The molecule has 116 valence electrons. The van der Waals surface area contributed by atoms with Crippen molar-refractivity contribution in [1.82, 2.24) is 15.6 Å². The molecule has 2 aromatic rings. The highest BCUT2D eigenvalue weighted by Gasteiger charge is 2.04. The molecule has 0 aliphatic carbocycles. The Balaban J connectivity index is 0.00000200. The van der Waals surface area contributed by atoms with Crippen LogP contribution in [0, 0.1) is 0 Å². The quantitative estimate of drug-likeness (QED) is 0.801. The summed E-state index contributed by atoms with van der Waals surface area (Å²) in [4.78, 5) is 16.0. The van der Waals surface area contributed by atoms with Gasteiger partial charge in [-0.1, -0.05) is 24.3 Å². The van der Waals surface area contributed by atoms with Gasteiger partial charge in [-0.15, -0.1) is 24.8 Å². The number of carbonyl (C=O) groups excluding carboxylic acids is 1. The zero-order valence-electron chi connectivity index (χ0n) is 12.0. The second-order valence-electron chi connectivity index (χ2n) is 4.48. The Bertz CT molecular complexity index is 558. The van der Waals surface area contributed by atoms with Crippen molar-refractivity contribution in [2.45, 2.75) is 19.4 Å². The van der Waals surface area contributed by atoms with Crippen molar-refractivity contribution in [1.29, 1.82) is 0 Å². The first kappa shape index (κ1) is 19.6. The van der Waals surface area contributed by atoms with Crippen molar-refractivity contribution < 1.29 is 4.79 Å². The first-order chi connectivity index (χ1) is 9.31. The molecule has 1 aromatic heterocycles. The molecule has 0 fully saturated rings. The van der Waals surface area contributed by atoms with Gasteiger partial charge in [-0.3, -0.25) is 9.78 Å². The Kier molecular flexibility index (Phi) is 9.71. The minimum absolute atomic E-state index is 0. The lowest BCUT2D eigenvalue weighted by Gasteiger charge is -2.07. The molecule has 0 unspecified atom stereocenters. The highest BCUT2D eigenvalue weighted by molar-refractivity contribution is 5.85. The lowest BCUT2D eigenvalue weighted by molar-refractivity contribution is -0.121. The van der Waals surface area contributed by atoms with Crippen LogP contribution in [0.25, 0.3) is 10.9 Å². The molecular weight excluding hydrogens is 309 g/mol. The normalized spacial score (nSPS) is 9.57. The van der Waals surface area contributed by atoms with Crippen LogP contribution in [0.4, 0.5) is 0 Å². The molecule has 0 spiro atoms. The van der Waals surface area contributed by atoms with Crippen molar-refractivity contribution in [3.8, 4) is 0 Å². The van der Waals surface area contributed by atoms with E-state index in [4.69, 9.17) is 0 Å². The second-order valence-corrected chi connectivity index (χ2v) is 4.48. The fourth-order valence-electron chi connectivity index (χ4n) is 2.02. The van der Waals surface area contributed by atoms with Crippen LogP contribution in [0.3, 0.4) is 0 Å². The maximum atomic E-state index is 11.7. The predicted molar refractivity (Wildman–Crippen MR) is 91.2 cm³/mol. The number of nitrogens with zero attached hydrogens (tertiary/aromatic N) is 1. The standard InChI is InChI=1S/C15H19N3O.2ClH/c1-16-9-4-8-14(19)18-11-13-6-2-5-12-7-3-10-17-15(12)13;;/h2-3,5-7,10,16H,4,8-9,11H2,1H3,(H,18,19);2*1H. The zero-order valence-corrected chi connectivity index (χ0v) is 13.6. The summed E-state index contributed by atoms with van der Waals surface area (Å²) >= 11 is 0. The minimum Gasteiger partial charge on any atom is -0.352 e. The molecule has 0 saturated heterocycles. The number of halogens is 2. The van der Waals surface area contributed by atoms with Gasteiger partial charge >= 0.3 is 0 Å². The van der Waals surface area contributed by atoms with Gasteiger partial charge in [0.1, 0.15) is 0 Å². The van der Waals surface area contributed by atoms with Gasteiger partial charge in [-0.25, -0.2) is 0 Å². The molecule has 1 heterocycles. The number of amides is 1. The molecule has 0 aliphatic heterocycles. The van der Waals surface area contributed by atoms with Gasteiger partial charge < -0.3 is 10.6 Å². The highest BCUT2D eigenvalue weighted by Crippen LogP contribution is 2.15. The van der Waals surface area contributed by atoms with Crippen LogP contribution >= 0.6 is 24.8 Å². The third-order valence-corrected chi connectivity index (χ3v) is 3.02. The first-order valence-electron chi connectivity index (χ1n) is 6.55. The Hall–Kier alpha value is -1.36. The molecular formula is C15H21Cl2N3O. The number of hydrogen-bond donors (Lipinski definition) is 2. The van der Waals surface area contributed by atoms with Crippen molar-refractivity contribution in [2.75, 3.05) is 13.6 Å². The summed E-state index contributed by atoms with van der Waals surface area (Å²) in [5, 5.41) is 7.08. The Labute approximate surface area is 137 Å². The molecule has 6 heteroatoms. The van der Waals surface area contributed by atoms with Crippen molar-refractivity contribution in [3.63, 3.8) is 0 Å². The van der Waals surface area contributed by atoms with Gasteiger partial charge in [0, 0.05) is 24.5 Å². The monoisotopic (exact) mass is 329 g/mol. The summed E-state index contributed by atoms with van der Waals surface area (Å²) in [6.45, 7) is 1.40. The summed E-state index contributed by atoms with van der Waals surface area (Å²) in [5.41, 5.74) is 2.01. The number of aromatic nitrogens is 1. The predicted octanol–water partition coefficient (Wildman–Crippen LogP) is 2.69. The van der Waals surface area contributed by atoms with E-state index in [9.17, 15) is 4.79 Å². The van der Waals surface area contributed by atoms with E-state index in [0.717, 1.165) is 29.4 Å². The highest BCUT2D eigenvalue weighted by atomic mass is 35.5. The molecule has 0 bridgehead atoms. The molecule has 0 radical (unpaired) electrons. The van der Waals surface area contributed by atoms with E-state index in [1.54, 1.807) is 6.20 Å². The maximum Gasteiger partial charge on any atom is 0.220 e. The number of para-hydroxylation sites is 1. The SMILES string of the molecule is CNCCCC(=O)NCc1cccc2cccnc12.Cl.Cl. The van der Waals surface area contributed by atoms with Gasteiger partial charge in [0.05, 0.1) is 5.52 Å². The first-order valence-corrected chi connectivity index (χ1v) is 6.55. The van der Waals surface area contributed by atoms with Gasteiger partial charge in [0.15, 0.2) is 0 Å². The summed E-state index contributed by atoms with van der Waals surface area (Å²) in [6, 6.07) is 9.97. The van der Waals surface area contributed by atoms with Crippen LogP contribution in [0.1, 0.15) is 18.4 Å². The van der Waals surface area contributed by atoms with E-state index in [2.05, 4.69) is 15.6 Å². The summed E-state index contributed by atoms with van der Waals surface area (Å²) < 4.78 is 0. The van der Waals surface area contributed by atoms with E-state index in [1.807, 2.05) is 37.4 Å². The number of pyridine rings is 1. The number of nitrogens with one attached hydrogen (secondary N) is 2. The van der Waals surface area contributed by atoms with E-state index in [1.165, 1.54) is 0 Å². The Morgan fingerprint density at radius 1 is 1.19 bits per heavy atom. The molecule has 1 amide bonds. The third kappa shape index (κ3) is 5.87. The molecule has 0 saturated carbocycles. The average molecular weight is 330 g/mol. The number of rotatable bonds is 6. The van der Waals surface area contributed by atoms with Crippen LogP contribution in [0.15, 0.2) is 36.5 Å². The van der Waals surface area contributed by atoms with Crippen molar-refractivity contribution in [2.24, 2.45) is 0 Å². The number of fused-ring (bicyclic) bond motifs is 1. The van der Waals surface area contributed by atoms with Crippen LogP contribution in [0.5, 0.6) is 0 Å². The van der Waals surface area contributed by atoms with Crippen molar-refractivity contribution >= 4 is 41.6 Å². The molecule has 0 aliphatic rings. The largest absolute Gasteiger partial charge is 0.352 e. The second kappa shape index (κ2) is 10.4. The Morgan fingerprint density at radius 3 is 2.71 bits per heavy atom. The van der Waals surface area contributed by atoms with E-state index >= 15 is 0 Å². The molecule has 2 rings (SSSR count). The maximum absolute atomic E-state index is 11.7. The van der Waals surface area contributed by atoms with Crippen LogP contribution in [-0.2, 0) is 11.3 Å². The van der Waals surface area contributed by atoms with Gasteiger partial charge in [0.25, 0.3) is 0 Å². The van der Waals surface area contributed by atoms with Gasteiger partial charge in [0.2, 0.25) is 5.91 Å². The van der Waals surface area contributed by atoms with Crippen molar-refractivity contribution in [3.05, 3.63) is 42.1 Å². The number of hydrogen-bond acceptors (Lipinski definition) is 3. The summed E-state index contributed by atoms with van der Waals surface area (Å²) in [5.74, 6) is 0.0863. The fraction of sp³-hybridized carbons (Fsp3) is 0.333. The van der Waals surface area contributed by atoms with Crippen LogP contribution in [0.2, 0.25) is 0 Å².